The van der Waals surface area contributed by atoms with Gasteiger partial charge >= 0.3 is 0 Å². The average molecular weight is 314 g/mol. The van der Waals surface area contributed by atoms with Crippen molar-refractivity contribution in [2.45, 2.75) is 36.0 Å². The maximum absolute atomic E-state index is 11.3. The van der Waals surface area contributed by atoms with E-state index in [1.54, 1.807) is 0 Å². The maximum Gasteiger partial charge on any atom is 0.209 e. The third-order valence-electron chi connectivity index (χ3n) is 3.11. The molecule has 0 aromatic heterocycles. The van der Waals surface area contributed by atoms with Crippen LogP contribution in [0.3, 0.4) is 0 Å². The smallest absolute Gasteiger partial charge is 0.209 e. The first-order valence-electron chi connectivity index (χ1n) is 6.69. The van der Waals surface area contributed by atoms with Gasteiger partial charge in [0.1, 0.15) is 0 Å². The molecule has 0 saturated carbocycles. The van der Waals surface area contributed by atoms with Crippen molar-refractivity contribution in [1.29, 1.82) is 0 Å². The molecule has 2 N–H and O–H groups in total. The van der Waals surface area contributed by atoms with Gasteiger partial charge in [0, 0.05) is 28.8 Å². The van der Waals surface area contributed by atoms with Crippen molar-refractivity contribution >= 4 is 21.8 Å². The van der Waals surface area contributed by atoms with Crippen molar-refractivity contribution in [3.05, 3.63) is 29.8 Å². The molecule has 0 amide bonds. The molecule has 20 heavy (non-hydrogen) atoms. The van der Waals surface area contributed by atoms with Crippen LogP contribution >= 0.6 is 11.8 Å². The van der Waals surface area contributed by atoms with Crippen LogP contribution in [0.15, 0.2) is 29.2 Å². The molecule has 2 rings (SSSR count). The fourth-order valence-electron chi connectivity index (χ4n) is 2.45. The molecule has 1 atom stereocenters. The first-order valence-corrected chi connectivity index (χ1v) is 9.46. The molecular formula is C14H22N2O2S2. The van der Waals surface area contributed by atoms with Gasteiger partial charge in [-0.05, 0) is 31.9 Å². The second kappa shape index (κ2) is 6.05. The summed E-state index contributed by atoms with van der Waals surface area (Å²) >= 11 is 1.90. The summed E-state index contributed by atoms with van der Waals surface area (Å²) in [4.78, 5) is 1.37. The third-order valence-corrected chi connectivity index (χ3v) is 5.36. The Kier molecular flexibility index (Phi) is 4.79. The molecule has 0 bridgehead atoms. The maximum atomic E-state index is 11.3. The third kappa shape index (κ3) is 4.77. The molecule has 0 spiro atoms. The van der Waals surface area contributed by atoms with Gasteiger partial charge < -0.3 is 5.32 Å². The largest absolute Gasteiger partial charge is 0.314 e. The summed E-state index contributed by atoms with van der Waals surface area (Å²) in [6.45, 7) is 5.27. The molecule has 0 aliphatic carbocycles. The van der Waals surface area contributed by atoms with Crippen LogP contribution in [0, 0.1) is 0 Å². The zero-order chi connectivity index (χ0) is 14.8. The highest BCUT2D eigenvalue weighted by Gasteiger charge is 2.24. The van der Waals surface area contributed by atoms with E-state index in [1.807, 2.05) is 25.6 Å². The number of thioether (sulfide) groups is 1. The summed E-state index contributed by atoms with van der Waals surface area (Å²) in [5, 5.41) is 3.91. The standard InChI is InChI=1S/C14H22N2O2S2/c1-14(2,16-20(3,17)18)10-15-9-12-8-11-6-4-5-7-13(11)19-12/h4-7,12,15-16H,8-10H2,1-3H3. The van der Waals surface area contributed by atoms with E-state index in [9.17, 15) is 8.42 Å². The minimum atomic E-state index is -3.17. The van der Waals surface area contributed by atoms with Crippen molar-refractivity contribution in [3.8, 4) is 0 Å². The molecule has 4 nitrogen and oxygen atoms in total. The average Bonchev–Trinajstić information content (AvgIpc) is 2.67. The minimum Gasteiger partial charge on any atom is -0.314 e. The molecule has 1 aliphatic rings. The number of hydrogen-bond acceptors (Lipinski definition) is 4. The number of fused-ring (bicyclic) bond motifs is 1. The van der Waals surface area contributed by atoms with Gasteiger partial charge in [0.25, 0.3) is 0 Å². The monoisotopic (exact) mass is 314 g/mol. The lowest BCUT2D eigenvalue weighted by Crippen LogP contribution is -2.50. The quantitative estimate of drug-likeness (QED) is 0.838. The molecule has 112 valence electrons. The van der Waals surface area contributed by atoms with E-state index in [0.717, 1.165) is 13.0 Å². The van der Waals surface area contributed by atoms with Gasteiger partial charge in [0.15, 0.2) is 0 Å². The Balaban J connectivity index is 1.78. The fraction of sp³-hybridized carbons (Fsp3) is 0.571. The van der Waals surface area contributed by atoms with Crippen molar-refractivity contribution in [2.75, 3.05) is 19.3 Å². The van der Waals surface area contributed by atoms with Crippen LogP contribution in [0.4, 0.5) is 0 Å². The van der Waals surface area contributed by atoms with Crippen LogP contribution in [0.25, 0.3) is 0 Å². The van der Waals surface area contributed by atoms with Gasteiger partial charge in [-0.15, -0.1) is 11.8 Å². The number of nitrogens with one attached hydrogen (secondary N) is 2. The molecule has 1 unspecified atom stereocenters. The van der Waals surface area contributed by atoms with Crippen LogP contribution in [0.1, 0.15) is 19.4 Å². The van der Waals surface area contributed by atoms with E-state index >= 15 is 0 Å². The Bertz CT molecular complexity index is 545. The number of sulfonamides is 1. The zero-order valence-corrected chi connectivity index (χ0v) is 13.8. The Labute approximate surface area is 125 Å². The van der Waals surface area contributed by atoms with Crippen molar-refractivity contribution in [3.63, 3.8) is 0 Å². The van der Waals surface area contributed by atoms with E-state index in [0.29, 0.717) is 11.8 Å². The second-order valence-electron chi connectivity index (χ2n) is 5.94. The predicted molar refractivity (Wildman–Crippen MR) is 84.7 cm³/mol. The van der Waals surface area contributed by atoms with Crippen LogP contribution in [0.2, 0.25) is 0 Å². The van der Waals surface area contributed by atoms with Crippen molar-refractivity contribution < 1.29 is 8.42 Å². The second-order valence-corrected chi connectivity index (χ2v) is 9.03. The van der Waals surface area contributed by atoms with Crippen molar-refractivity contribution in [2.24, 2.45) is 0 Å². The van der Waals surface area contributed by atoms with E-state index in [2.05, 4.69) is 34.3 Å². The fourth-order valence-corrected chi connectivity index (χ4v) is 4.81. The highest BCUT2D eigenvalue weighted by atomic mass is 32.2. The summed E-state index contributed by atoms with van der Waals surface area (Å²) in [5.74, 6) is 0. The van der Waals surface area contributed by atoms with E-state index in [1.165, 1.54) is 16.7 Å². The molecule has 1 aromatic rings. The molecule has 1 aliphatic heterocycles. The summed E-state index contributed by atoms with van der Waals surface area (Å²) in [6.07, 6.45) is 2.27. The number of rotatable bonds is 6. The Morgan fingerprint density at radius 3 is 2.70 bits per heavy atom. The lowest BCUT2D eigenvalue weighted by molar-refractivity contribution is 0.422. The summed E-state index contributed by atoms with van der Waals surface area (Å²) in [7, 11) is -3.17. The summed E-state index contributed by atoms with van der Waals surface area (Å²) in [6, 6.07) is 8.49. The topological polar surface area (TPSA) is 58.2 Å². The van der Waals surface area contributed by atoms with Gasteiger partial charge in [0.2, 0.25) is 10.0 Å². The highest BCUT2D eigenvalue weighted by molar-refractivity contribution is 8.00. The van der Waals surface area contributed by atoms with E-state index in [4.69, 9.17) is 0 Å². The number of benzene rings is 1. The Morgan fingerprint density at radius 2 is 2.05 bits per heavy atom. The zero-order valence-electron chi connectivity index (χ0n) is 12.1. The number of hydrogen-bond donors (Lipinski definition) is 2. The van der Waals surface area contributed by atoms with Crippen LogP contribution in [-0.2, 0) is 16.4 Å². The molecule has 0 saturated heterocycles. The lowest BCUT2D eigenvalue weighted by Gasteiger charge is -2.26. The Morgan fingerprint density at radius 1 is 1.35 bits per heavy atom. The van der Waals surface area contributed by atoms with Gasteiger partial charge in [-0.25, -0.2) is 13.1 Å². The molecule has 0 radical (unpaired) electrons. The normalized spacial score (nSPS) is 19.1. The lowest BCUT2D eigenvalue weighted by atomic mass is 10.1. The molecule has 1 heterocycles. The first kappa shape index (κ1) is 15.8. The molecular weight excluding hydrogens is 292 g/mol. The molecule has 6 heteroatoms. The summed E-state index contributed by atoms with van der Waals surface area (Å²) < 4.78 is 25.2. The summed E-state index contributed by atoms with van der Waals surface area (Å²) in [5.41, 5.74) is 0.946. The van der Waals surface area contributed by atoms with Gasteiger partial charge in [-0.1, -0.05) is 18.2 Å². The molecule has 0 fully saturated rings. The van der Waals surface area contributed by atoms with Gasteiger partial charge in [-0.3, -0.25) is 0 Å². The van der Waals surface area contributed by atoms with Crippen molar-refractivity contribution in [1.82, 2.24) is 10.0 Å². The van der Waals surface area contributed by atoms with Crippen LogP contribution in [-0.4, -0.2) is 38.6 Å². The first-order chi connectivity index (χ1) is 9.25. The molecule has 1 aromatic carbocycles. The van der Waals surface area contributed by atoms with Gasteiger partial charge in [-0.2, -0.15) is 0 Å². The van der Waals surface area contributed by atoms with E-state index < -0.39 is 15.6 Å². The SMILES string of the molecule is CC(C)(CNCC1Cc2ccccc2S1)NS(C)(=O)=O. The van der Waals surface area contributed by atoms with Crippen LogP contribution in [0.5, 0.6) is 0 Å². The predicted octanol–water partition coefficient (Wildman–Crippen LogP) is 1.62. The van der Waals surface area contributed by atoms with E-state index in [-0.39, 0.29) is 0 Å². The Hall–Kier alpha value is -0.560. The highest BCUT2D eigenvalue weighted by Crippen LogP contribution is 2.36. The van der Waals surface area contributed by atoms with Gasteiger partial charge in [0.05, 0.1) is 6.26 Å². The minimum absolute atomic E-state index is 0.469. The van der Waals surface area contributed by atoms with Crippen LogP contribution < -0.4 is 10.0 Å².